The van der Waals surface area contributed by atoms with Crippen molar-refractivity contribution in [2.45, 2.75) is 19.0 Å². The van der Waals surface area contributed by atoms with Gasteiger partial charge in [0.15, 0.2) is 5.76 Å². The number of carbonyl (C=O) groups is 2. The van der Waals surface area contributed by atoms with Gasteiger partial charge in [0, 0.05) is 10.0 Å². The van der Waals surface area contributed by atoms with E-state index in [0.29, 0.717) is 16.9 Å². The number of aromatic nitrogens is 1. The highest BCUT2D eigenvalue weighted by Gasteiger charge is 2.49. The highest BCUT2D eigenvalue weighted by atomic mass is 79.9. The molecule has 1 N–H and O–H groups in total. The molecule has 0 saturated carbocycles. The predicted octanol–water partition coefficient (Wildman–Crippen LogP) is 4.21. The standard InChI is InChI=1S/C20H15BrFN3O3/c1-20(13-3-2-4-14(21)9-13)18(26)25(19(27)24-20)11-17-23-10-16(28-17)12-5-7-15(22)8-6-12/h2-10H,11H2,1H3,(H,24,27)/t20-/m0/s1. The van der Waals surface area contributed by atoms with Gasteiger partial charge < -0.3 is 9.73 Å². The zero-order chi connectivity index (χ0) is 19.9. The molecule has 0 unspecified atom stereocenters. The molecule has 1 atom stereocenters. The van der Waals surface area contributed by atoms with E-state index in [0.717, 1.165) is 9.37 Å². The number of urea groups is 1. The maximum absolute atomic E-state index is 13.1. The number of rotatable bonds is 4. The molecular formula is C20H15BrFN3O3. The maximum Gasteiger partial charge on any atom is 0.325 e. The lowest BCUT2D eigenvalue weighted by molar-refractivity contribution is -0.131. The smallest absolute Gasteiger partial charge is 0.325 e. The largest absolute Gasteiger partial charge is 0.439 e. The van der Waals surface area contributed by atoms with Gasteiger partial charge >= 0.3 is 6.03 Å². The third kappa shape index (κ3) is 3.20. The highest BCUT2D eigenvalue weighted by molar-refractivity contribution is 9.10. The Hall–Kier alpha value is -3.00. The molecule has 0 aliphatic carbocycles. The second-order valence-electron chi connectivity index (χ2n) is 6.58. The van der Waals surface area contributed by atoms with Crippen LogP contribution in [-0.4, -0.2) is 21.8 Å². The van der Waals surface area contributed by atoms with Gasteiger partial charge in [-0.3, -0.25) is 9.69 Å². The Labute approximate surface area is 168 Å². The van der Waals surface area contributed by atoms with Crippen molar-refractivity contribution in [2.24, 2.45) is 0 Å². The number of hydrogen-bond donors (Lipinski definition) is 1. The molecule has 0 radical (unpaired) electrons. The van der Waals surface area contributed by atoms with Crippen LogP contribution >= 0.6 is 15.9 Å². The van der Waals surface area contributed by atoms with Crippen molar-refractivity contribution in [3.05, 3.63) is 76.5 Å². The van der Waals surface area contributed by atoms with Crippen LogP contribution in [0.2, 0.25) is 0 Å². The van der Waals surface area contributed by atoms with Crippen molar-refractivity contribution >= 4 is 27.9 Å². The quantitative estimate of drug-likeness (QED) is 0.612. The van der Waals surface area contributed by atoms with Gasteiger partial charge in [0.25, 0.3) is 5.91 Å². The summed E-state index contributed by atoms with van der Waals surface area (Å²) in [6, 6.07) is 12.5. The predicted molar refractivity (Wildman–Crippen MR) is 102 cm³/mol. The van der Waals surface area contributed by atoms with Gasteiger partial charge in [-0.2, -0.15) is 0 Å². The van der Waals surface area contributed by atoms with E-state index in [1.54, 1.807) is 37.3 Å². The summed E-state index contributed by atoms with van der Waals surface area (Å²) in [7, 11) is 0. The summed E-state index contributed by atoms with van der Waals surface area (Å²) in [4.78, 5) is 30.6. The van der Waals surface area contributed by atoms with Crippen LogP contribution < -0.4 is 5.32 Å². The number of amides is 3. The van der Waals surface area contributed by atoms with Gasteiger partial charge in [0.1, 0.15) is 17.9 Å². The van der Waals surface area contributed by atoms with E-state index in [2.05, 4.69) is 26.2 Å². The summed E-state index contributed by atoms with van der Waals surface area (Å²) >= 11 is 3.38. The number of carbonyl (C=O) groups excluding carboxylic acids is 2. The molecule has 1 aliphatic heterocycles. The Kier molecular flexibility index (Phi) is 4.50. The fourth-order valence-corrected chi connectivity index (χ4v) is 3.50. The van der Waals surface area contributed by atoms with E-state index in [-0.39, 0.29) is 18.3 Å². The second-order valence-corrected chi connectivity index (χ2v) is 7.50. The zero-order valence-corrected chi connectivity index (χ0v) is 16.4. The molecule has 28 heavy (non-hydrogen) atoms. The van der Waals surface area contributed by atoms with Gasteiger partial charge in [0.05, 0.1) is 6.20 Å². The van der Waals surface area contributed by atoms with E-state index < -0.39 is 17.5 Å². The van der Waals surface area contributed by atoms with E-state index in [9.17, 15) is 14.0 Å². The second kappa shape index (κ2) is 6.87. The van der Waals surface area contributed by atoms with Crippen molar-refractivity contribution in [3.63, 3.8) is 0 Å². The molecule has 3 aromatic rings. The molecule has 4 rings (SSSR count). The molecule has 142 valence electrons. The summed E-state index contributed by atoms with van der Waals surface area (Å²) < 4.78 is 19.5. The van der Waals surface area contributed by atoms with Gasteiger partial charge in [-0.25, -0.2) is 14.2 Å². The summed E-state index contributed by atoms with van der Waals surface area (Å²) in [5.41, 5.74) is 0.145. The number of halogens is 2. The first-order valence-corrected chi connectivity index (χ1v) is 9.27. The Morgan fingerprint density at radius 2 is 1.96 bits per heavy atom. The van der Waals surface area contributed by atoms with Crippen LogP contribution in [0, 0.1) is 5.82 Å². The molecule has 8 heteroatoms. The summed E-state index contributed by atoms with van der Waals surface area (Å²) in [6.45, 7) is 1.56. The van der Waals surface area contributed by atoms with Crippen molar-refractivity contribution in [2.75, 3.05) is 0 Å². The van der Waals surface area contributed by atoms with Crippen molar-refractivity contribution in [3.8, 4) is 11.3 Å². The minimum atomic E-state index is -1.17. The number of oxazole rings is 1. The number of imide groups is 1. The first-order valence-electron chi connectivity index (χ1n) is 8.47. The Balaban J connectivity index is 1.56. The van der Waals surface area contributed by atoms with Crippen molar-refractivity contribution < 1.29 is 18.4 Å². The van der Waals surface area contributed by atoms with E-state index >= 15 is 0 Å². The molecule has 0 bridgehead atoms. The minimum Gasteiger partial charge on any atom is -0.439 e. The molecule has 2 aromatic carbocycles. The van der Waals surface area contributed by atoms with Gasteiger partial charge in [-0.15, -0.1) is 0 Å². The van der Waals surface area contributed by atoms with Gasteiger partial charge in [0.2, 0.25) is 5.89 Å². The van der Waals surface area contributed by atoms with Crippen LogP contribution in [0.1, 0.15) is 18.4 Å². The SMILES string of the molecule is C[C@@]1(c2cccc(Br)c2)NC(=O)N(Cc2ncc(-c3ccc(F)cc3)o2)C1=O. The molecule has 1 fully saturated rings. The average Bonchev–Trinajstić information content (AvgIpc) is 3.22. The zero-order valence-electron chi connectivity index (χ0n) is 14.8. The topological polar surface area (TPSA) is 75.4 Å². The number of benzene rings is 2. The molecule has 1 aromatic heterocycles. The number of nitrogens with zero attached hydrogens (tertiary/aromatic N) is 2. The normalized spacial score (nSPS) is 19.2. The first kappa shape index (κ1) is 18.4. The number of hydrogen-bond acceptors (Lipinski definition) is 4. The van der Waals surface area contributed by atoms with Crippen LogP contribution in [0.15, 0.2) is 63.6 Å². The fraction of sp³-hybridized carbons (Fsp3) is 0.150. The minimum absolute atomic E-state index is 0.102. The third-order valence-electron chi connectivity index (χ3n) is 4.65. The summed E-state index contributed by atoms with van der Waals surface area (Å²) in [6.07, 6.45) is 1.48. The van der Waals surface area contributed by atoms with Crippen LogP contribution in [0.3, 0.4) is 0 Å². The third-order valence-corrected chi connectivity index (χ3v) is 5.15. The van der Waals surface area contributed by atoms with E-state index in [1.807, 2.05) is 6.07 Å². The highest BCUT2D eigenvalue weighted by Crippen LogP contribution is 2.31. The molecule has 6 nitrogen and oxygen atoms in total. The fourth-order valence-electron chi connectivity index (χ4n) is 3.10. The van der Waals surface area contributed by atoms with Crippen LogP contribution in [0.5, 0.6) is 0 Å². The van der Waals surface area contributed by atoms with Crippen LogP contribution in [-0.2, 0) is 16.9 Å². The monoisotopic (exact) mass is 443 g/mol. The maximum atomic E-state index is 13.1. The van der Waals surface area contributed by atoms with E-state index in [1.165, 1.54) is 18.3 Å². The lowest BCUT2D eigenvalue weighted by Gasteiger charge is -2.22. The molecule has 3 amide bonds. The lowest BCUT2D eigenvalue weighted by atomic mass is 9.92. The van der Waals surface area contributed by atoms with Gasteiger partial charge in [-0.1, -0.05) is 28.1 Å². The first-order chi connectivity index (χ1) is 13.4. The van der Waals surface area contributed by atoms with Crippen LogP contribution in [0.4, 0.5) is 9.18 Å². The van der Waals surface area contributed by atoms with E-state index in [4.69, 9.17) is 4.42 Å². The summed E-state index contributed by atoms with van der Waals surface area (Å²) in [5, 5.41) is 2.74. The molecule has 0 spiro atoms. The molecule has 1 saturated heterocycles. The molecule has 2 heterocycles. The lowest BCUT2D eigenvalue weighted by Crippen LogP contribution is -2.40. The summed E-state index contributed by atoms with van der Waals surface area (Å²) in [5.74, 6) is -0.107. The number of nitrogens with one attached hydrogen (secondary N) is 1. The Morgan fingerprint density at radius 3 is 2.68 bits per heavy atom. The van der Waals surface area contributed by atoms with Crippen molar-refractivity contribution in [1.82, 2.24) is 15.2 Å². The Bertz CT molecular complexity index is 1070. The van der Waals surface area contributed by atoms with Gasteiger partial charge in [-0.05, 0) is 48.9 Å². The molecule has 1 aliphatic rings. The Morgan fingerprint density at radius 1 is 1.21 bits per heavy atom. The van der Waals surface area contributed by atoms with Crippen molar-refractivity contribution in [1.29, 1.82) is 0 Å². The molecular weight excluding hydrogens is 429 g/mol. The average molecular weight is 444 g/mol. The van der Waals surface area contributed by atoms with Crippen LogP contribution in [0.25, 0.3) is 11.3 Å².